The third kappa shape index (κ3) is 4.93. The van der Waals surface area contributed by atoms with Crippen LogP contribution < -0.4 is 5.32 Å². The highest BCUT2D eigenvalue weighted by Gasteiger charge is 2.17. The van der Waals surface area contributed by atoms with Crippen LogP contribution in [-0.4, -0.2) is 35.5 Å². The average molecular weight is 209 g/mol. The van der Waals surface area contributed by atoms with Gasteiger partial charge in [-0.05, 0) is 25.5 Å². The predicted molar refractivity (Wildman–Crippen MR) is 60.7 cm³/mol. The minimum atomic E-state index is -1.02. The molecule has 0 fully saturated rings. The number of aliphatic hydroxyl groups excluding tert-OH is 1. The van der Waals surface area contributed by atoms with Gasteiger partial charge in [0, 0.05) is 6.54 Å². The van der Waals surface area contributed by atoms with Gasteiger partial charge in [0.2, 0.25) is 0 Å². The van der Waals surface area contributed by atoms with Gasteiger partial charge in [-0.15, -0.1) is 0 Å². The van der Waals surface area contributed by atoms with Crippen molar-refractivity contribution in [3.05, 3.63) is 35.9 Å². The van der Waals surface area contributed by atoms with Crippen molar-refractivity contribution < 1.29 is 10.2 Å². The summed E-state index contributed by atoms with van der Waals surface area (Å²) in [6.45, 7) is 2.62. The number of hydrogen-bond acceptors (Lipinski definition) is 3. The van der Waals surface area contributed by atoms with E-state index in [0.717, 1.165) is 13.0 Å². The highest BCUT2D eigenvalue weighted by Crippen LogP contribution is 2.00. The van der Waals surface area contributed by atoms with Crippen LogP contribution in [-0.2, 0) is 6.42 Å². The number of aliphatic hydroxyl groups is 2. The van der Waals surface area contributed by atoms with Crippen LogP contribution in [0.2, 0.25) is 0 Å². The zero-order chi connectivity index (χ0) is 11.1. The van der Waals surface area contributed by atoms with Crippen LogP contribution in [0, 0.1) is 0 Å². The Morgan fingerprint density at radius 2 is 1.93 bits per heavy atom. The van der Waals surface area contributed by atoms with Crippen LogP contribution in [0.1, 0.15) is 12.5 Å². The highest BCUT2D eigenvalue weighted by molar-refractivity contribution is 5.14. The van der Waals surface area contributed by atoms with Crippen molar-refractivity contribution in [3.63, 3.8) is 0 Å². The van der Waals surface area contributed by atoms with E-state index in [0.29, 0.717) is 6.54 Å². The van der Waals surface area contributed by atoms with Crippen LogP contribution in [0.4, 0.5) is 0 Å². The molecular formula is C12H19NO2. The second-order valence-electron chi connectivity index (χ2n) is 4.07. The Balaban J connectivity index is 2.18. The van der Waals surface area contributed by atoms with Gasteiger partial charge in [0.05, 0.1) is 12.2 Å². The van der Waals surface area contributed by atoms with Gasteiger partial charge in [-0.3, -0.25) is 0 Å². The van der Waals surface area contributed by atoms with Gasteiger partial charge in [-0.2, -0.15) is 0 Å². The molecule has 0 bridgehead atoms. The molecular weight excluding hydrogens is 190 g/mol. The molecule has 0 amide bonds. The molecule has 0 heterocycles. The van der Waals surface area contributed by atoms with E-state index in [1.54, 1.807) is 6.92 Å². The molecule has 3 nitrogen and oxygen atoms in total. The summed E-state index contributed by atoms with van der Waals surface area (Å²) in [4.78, 5) is 0. The fourth-order valence-corrected chi connectivity index (χ4v) is 1.29. The van der Waals surface area contributed by atoms with E-state index in [1.807, 2.05) is 18.2 Å². The molecule has 1 aromatic carbocycles. The first kappa shape index (κ1) is 12.2. The quantitative estimate of drug-likeness (QED) is 0.600. The van der Waals surface area contributed by atoms with E-state index >= 15 is 0 Å². The maximum atomic E-state index is 9.51. The zero-order valence-corrected chi connectivity index (χ0v) is 9.11. The van der Waals surface area contributed by atoms with E-state index in [4.69, 9.17) is 5.11 Å². The first-order chi connectivity index (χ1) is 7.14. The fourth-order valence-electron chi connectivity index (χ4n) is 1.29. The standard InChI is InChI=1S/C12H19NO2/c1-12(15,10-14)9-13-8-7-11-5-3-2-4-6-11/h2-6,13-15H,7-10H2,1H3. The Morgan fingerprint density at radius 3 is 2.53 bits per heavy atom. The summed E-state index contributed by atoms with van der Waals surface area (Å²) < 4.78 is 0. The lowest BCUT2D eigenvalue weighted by molar-refractivity contribution is 0.00299. The Kier molecular flexibility index (Phi) is 4.75. The largest absolute Gasteiger partial charge is 0.393 e. The molecule has 0 radical (unpaired) electrons. The molecule has 0 saturated heterocycles. The van der Waals surface area contributed by atoms with Crippen LogP contribution in [0.15, 0.2) is 30.3 Å². The Labute approximate surface area is 90.8 Å². The molecule has 0 spiro atoms. The molecule has 0 aromatic heterocycles. The minimum absolute atomic E-state index is 0.217. The van der Waals surface area contributed by atoms with E-state index in [1.165, 1.54) is 5.56 Å². The third-order valence-corrected chi connectivity index (χ3v) is 2.28. The summed E-state index contributed by atoms with van der Waals surface area (Å²) in [7, 11) is 0. The lowest BCUT2D eigenvalue weighted by Gasteiger charge is -2.20. The Morgan fingerprint density at radius 1 is 1.27 bits per heavy atom. The van der Waals surface area contributed by atoms with Gasteiger partial charge < -0.3 is 15.5 Å². The maximum absolute atomic E-state index is 9.51. The van der Waals surface area contributed by atoms with Gasteiger partial charge in [0.15, 0.2) is 0 Å². The summed E-state index contributed by atoms with van der Waals surface area (Å²) >= 11 is 0. The molecule has 1 rings (SSSR count). The van der Waals surface area contributed by atoms with Crippen molar-refractivity contribution in [1.82, 2.24) is 5.32 Å². The molecule has 0 aliphatic heterocycles. The smallest absolute Gasteiger partial charge is 0.0972 e. The molecule has 0 aliphatic rings. The second kappa shape index (κ2) is 5.85. The lowest BCUT2D eigenvalue weighted by atomic mass is 10.1. The van der Waals surface area contributed by atoms with Gasteiger partial charge in [-0.25, -0.2) is 0 Å². The molecule has 3 heteroatoms. The van der Waals surface area contributed by atoms with Crippen molar-refractivity contribution in [2.24, 2.45) is 0 Å². The topological polar surface area (TPSA) is 52.5 Å². The first-order valence-corrected chi connectivity index (χ1v) is 5.22. The Bertz CT molecular complexity index is 272. The third-order valence-electron chi connectivity index (χ3n) is 2.28. The van der Waals surface area contributed by atoms with Crippen molar-refractivity contribution in [3.8, 4) is 0 Å². The van der Waals surface area contributed by atoms with E-state index in [9.17, 15) is 5.11 Å². The van der Waals surface area contributed by atoms with Crippen LogP contribution in [0.25, 0.3) is 0 Å². The normalized spacial score (nSPS) is 14.9. The molecule has 1 unspecified atom stereocenters. The second-order valence-corrected chi connectivity index (χ2v) is 4.07. The van der Waals surface area contributed by atoms with Gasteiger partial charge in [-0.1, -0.05) is 30.3 Å². The molecule has 3 N–H and O–H groups in total. The van der Waals surface area contributed by atoms with Crippen molar-refractivity contribution in [2.45, 2.75) is 18.9 Å². The van der Waals surface area contributed by atoms with Crippen molar-refractivity contribution in [2.75, 3.05) is 19.7 Å². The van der Waals surface area contributed by atoms with Gasteiger partial charge >= 0.3 is 0 Å². The highest BCUT2D eigenvalue weighted by atomic mass is 16.3. The fraction of sp³-hybridized carbons (Fsp3) is 0.500. The molecule has 1 aromatic rings. The summed E-state index contributed by atoms with van der Waals surface area (Å²) in [5.74, 6) is 0. The number of rotatable bonds is 6. The summed E-state index contributed by atoms with van der Waals surface area (Å²) in [6.07, 6.45) is 0.933. The van der Waals surface area contributed by atoms with Crippen LogP contribution >= 0.6 is 0 Å². The molecule has 0 aliphatic carbocycles. The number of hydrogen-bond donors (Lipinski definition) is 3. The maximum Gasteiger partial charge on any atom is 0.0972 e. The lowest BCUT2D eigenvalue weighted by Crippen LogP contribution is -2.41. The van der Waals surface area contributed by atoms with Crippen molar-refractivity contribution in [1.29, 1.82) is 0 Å². The predicted octanol–water partition coefficient (Wildman–Crippen LogP) is 0.562. The molecule has 1 atom stereocenters. The number of nitrogens with one attached hydrogen (secondary N) is 1. The molecule has 15 heavy (non-hydrogen) atoms. The summed E-state index contributed by atoms with van der Waals surface area (Å²) in [6, 6.07) is 10.2. The van der Waals surface area contributed by atoms with E-state index in [-0.39, 0.29) is 6.61 Å². The average Bonchev–Trinajstić information content (AvgIpc) is 2.26. The van der Waals surface area contributed by atoms with Crippen LogP contribution in [0.3, 0.4) is 0 Å². The van der Waals surface area contributed by atoms with Crippen molar-refractivity contribution >= 4 is 0 Å². The summed E-state index contributed by atoms with van der Waals surface area (Å²) in [5.41, 5.74) is 0.255. The minimum Gasteiger partial charge on any atom is -0.393 e. The SMILES string of the molecule is CC(O)(CO)CNCCc1ccccc1. The van der Waals surface area contributed by atoms with Gasteiger partial charge in [0.1, 0.15) is 0 Å². The molecule has 84 valence electrons. The summed E-state index contributed by atoms with van der Waals surface area (Å²) in [5, 5.41) is 21.4. The van der Waals surface area contributed by atoms with Crippen LogP contribution in [0.5, 0.6) is 0 Å². The first-order valence-electron chi connectivity index (χ1n) is 5.22. The Hall–Kier alpha value is -0.900. The van der Waals surface area contributed by atoms with Gasteiger partial charge in [0.25, 0.3) is 0 Å². The monoisotopic (exact) mass is 209 g/mol. The number of benzene rings is 1. The zero-order valence-electron chi connectivity index (χ0n) is 9.11. The molecule has 0 saturated carbocycles. The van der Waals surface area contributed by atoms with E-state index < -0.39 is 5.60 Å². The van der Waals surface area contributed by atoms with E-state index in [2.05, 4.69) is 17.4 Å².